The molecule has 0 bridgehead atoms. The molecule has 0 fully saturated rings. The second kappa shape index (κ2) is 11.5. The third-order valence-corrected chi connectivity index (χ3v) is 4.56. The number of hydrogen-bond donors (Lipinski definition) is 7. The van der Waals surface area contributed by atoms with Gasteiger partial charge in [-0.3, -0.25) is 14.4 Å². The van der Waals surface area contributed by atoms with Crippen LogP contribution in [0, 0.1) is 0 Å². The number of benzene rings is 1. The Morgan fingerprint density at radius 2 is 1.69 bits per heavy atom. The minimum atomic E-state index is -1.27. The maximum absolute atomic E-state index is 12.9. The van der Waals surface area contributed by atoms with Crippen LogP contribution in [-0.2, 0) is 32.0 Å². The molecule has 0 saturated heterocycles. The van der Waals surface area contributed by atoms with Gasteiger partial charge in [0.1, 0.15) is 23.9 Å². The standard InChI is InChI=1S/C20H26N6O6/c1-11(24-17(28)8-21)18(29)25-15(6-12-2-4-14(27)5-3-12)19(30)26-16(20(31)32)7-13-9-22-10-23-13/h2-5,9-11,15-16,27H,6-8,21H2,1H3,(H,22,23)(H,24,28)(H,25,29)(H,26,30)(H,31,32). The first-order valence-electron chi connectivity index (χ1n) is 9.77. The van der Waals surface area contributed by atoms with Crippen LogP contribution in [0.15, 0.2) is 36.8 Å². The molecule has 3 atom stereocenters. The zero-order valence-electron chi connectivity index (χ0n) is 17.4. The van der Waals surface area contributed by atoms with Gasteiger partial charge in [0.05, 0.1) is 12.9 Å². The largest absolute Gasteiger partial charge is 0.508 e. The van der Waals surface area contributed by atoms with Gasteiger partial charge >= 0.3 is 5.97 Å². The van der Waals surface area contributed by atoms with Crippen molar-refractivity contribution in [1.82, 2.24) is 25.9 Å². The first-order chi connectivity index (χ1) is 15.2. The van der Waals surface area contributed by atoms with E-state index < -0.39 is 41.8 Å². The monoisotopic (exact) mass is 446 g/mol. The van der Waals surface area contributed by atoms with Crippen molar-refractivity contribution in [3.8, 4) is 5.75 Å². The number of nitrogens with two attached hydrogens (primary N) is 1. The van der Waals surface area contributed by atoms with E-state index in [2.05, 4.69) is 25.9 Å². The van der Waals surface area contributed by atoms with E-state index in [1.54, 1.807) is 12.1 Å². The number of phenolic OH excluding ortho intramolecular Hbond substituents is 1. The van der Waals surface area contributed by atoms with Gasteiger partial charge in [0, 0.05) is 24.7 Å². The van der Waals surface area contributed by atoms with Gasteiger partial charge in [-0.15, -0.1) is 0 Å². The van der Waals surface area contributed by atoms with Crippen molar-refractivity contribution >= 4 is 23.7 Å². The van der Waals surface area contributed by atoms with Crippen molar-refractivity contribution in [2.45, 2.75) is 37.9 Å². The number of aromatic hydroxyl groups is 1. The zero-order chi connectivity index (χ0) is 23.7. The molecule has 0 aliphatic carbocycles. The number of phenols is 1. The summed E-state index contributed by atoms with van der Waals surface area (Å²) >= 11 is 0. The minimum Gasteiger partial charge on any atom is -0.508 e. The summed E-state index contributed by atoms with van der Waals surface area (Å²) in [4.78, 5) is 55.1. The van der Waals surface area contributed by atoms with Crippen LogP contribution < -0.4 is 21.7 Å². The summed E-state index contributed by atoms with van der Waals surface area (Å²) in [7, 11) is 0. The molecule has 2 rings (SSSR count). The van der Waals surface area contributed by atoms with Gasteiger partial charge in [-0.2, -0.15) is 0 Å². The highest BCUT2D eigenvalue weighted by Crippen LogP contribution is 2.12. The summed E-state index contributed by atoms with van der Waals surface area (Å²) in [6, 6.07) is 2.61. The number of aromatic amines is 1. The average Bonchev–Trinajstić information content (AvgIpc) is 3.27. The van der Waals surface area contributed by atoms with E-state index in [9.17, 15) is 29.4 Å². The number of carboxylic acid groups (broad SMARTS) is 1. The Kier molecular flexibility index (Phi) is 8.72. The van der Waals surface area contributed by atoms with E-state index in [1.807, 2.05) is 0 Å². The summed E-state index contributed by atoms with van der Waals surface area (Å²) in [6.45, 7) is 1.12. The maximum atomic E-state index is 12.9. The van der Waals surface area contributed by atoms with E-state index in [4.69, 9.17) is 5.73 Å². The van der Waals surface area contributed by atoms with Crippen LogP contribution in [0.25, 0.3) is 0 Å². The number of hydrogen-bond acceptors (Lipinski definition) is 7. The van der Waals surface area contributed by atoms with Crippen molar-refractivity contribution in [1.29, 1.82) is 0 Å². The third-order valence-electron chi connectivity index (χ3n) is 4.56. The lowest BCUT2D eigenvalue weighted by Gasteiger charge is -2.23. The number of H-pyrrole nitrogens is 1. The maximum Gasteiger partial charge on any atom is 0.326 e. The molecule has 2 aromatic rings. The molecule has 32 heavy (non-hydrogen) atoms. The Bertz CT molecular complexity index is 931. The highest BCUT2D eigenvalue weighted by molar-refractivity contribution is 5.93. The predicted molar refractivity (Wildman–Crippen MR) is 112 cm³/mol. The second-order valence-corrected chi connectivity index (χ2v) is 7.11. The van der Waals surface area contributed by atoms with Crippen LogP contribution in [0.3, 0.4) is 0 Å². The first-order valence-corrected chi connectivity index (χ1v) is 9.77. The molecule has 1 heterocycles. The lowest BCUT2D eigenvalue weighted by molar-refractivity contribution is -0.142. The molecule has 8 N–H and O–H groups in total. The Labute approximate surface area is 183 Å². The topological polar surface area (TPSA) is 200 Å². The van der Waals surface area contributed by atoms with Gasteiger partial charge in [0.2, 0.25) is 17.7 Å². The molecule has 3 unspecified atom stereocenters. The molecule has 0 spiro atoms. The molecule has 1 aromatic carbocycles. The minimum absolute atomic E-state index is 0.0196. The van der Waals surface area contributed by atoms with Crippen LogP contribution in [0.5, 0.6) is 5.75 Å². The Morgan fingerprint density at radius 1 is 1.03 bits per heavy atom. The van der Waals surface area contributed by atoms with Crippen LogP contribution >= 0.6 is 0 Å². The van der Waals surface area contributed by atoms with E-state index in [1.165, 1.54) is 31.6 Å². The highest BCUT2D eigenvalue weighted by Gasteiger charge is 2.28. The van der Waals surface area contributed by atoms with Gasteiger partial charge in [-0.25, -0.2) is 9.78 Å². The van der Waals surface area contributed by atoms with Crippen LogP contribution in [0.2, 0.25) is 0 Å². The number of carbonyl (C=O) groups excluding carboxylic acids is 3. The van der Waals surface area contributed by atoms with E-state index in [0.29, 0.717) is 11.3 Å². The van der Waals surface area contributed by atoms with E-state index in [0.717, 1.165) is 0 Å². The Balaban J connectivity index is 2.16. The van der Waals surface area contributed by atoms with Crippen molar-refractivity contribution < 1.29 is 29.4 Å². The first kappa shape index (κ1) is 24.3. The van der Waals surface area contributed by atoms with Crippen molar-refractivity contribution in [3.63, 3.8) is 0 Å². The van der Waals surface area contributed by atoms with Crippen molar-refractivity contribution in [2.24, 2.45) is 5.73 Å². The normalized spacial score (nSPS) is 13.4. The zero-order valence-corrected chi connectivity index (χ0v) is 17.4. The quantitative estimate of drug-likeness (QED) is 0.214. The molecule has 1 aromatic heterocycles. The van der Waals surface area contributed by atoms with Gasteiger partial charge in [-0.05, 0) is 24.6 Å². The number of carboxylic acids is 1. The van der Waals surface area contributed by atoms with Gasteiger partial charge < -0.3 is 36.9 Å². The van der Waals surface area contributed by atoms with Gasteiger partial charge in [0.25, 0.3) is 0 Å². The number of rotatable bonds is 11. The molecule has 0 saturated carbocycles. The molecule has 172 valence electrons. The van der Waals surface area contributed by atoms with Gasteiger partial charge in [-0.1, -0.05) is 12.1 Å². The summed E-state index contributed by atoms with van der Waals surface area (Å²) in [5, 5.41) is 26.3. The SMILES string of the molecule is CC(NC(=O)CN)C(=O)NC(Cc1ccc(O)cc1)C(=O)NC(Cc1cnc[nH]1)C(=O)O. The summed E-state index contributed by atoms with van der Waals surface area (Å²) in [6.07, 6.45) is 2.82. The fourth-order valence-electron chi connectivity index (χ4n) is 2.83. The number of nitrogens with one attached hydrogen (secondary N) is 4. The predicted octanol–water partition coefficient (Wildman–Crippen LogP) is -1.58. The smallest absolute Gasteiger partial charge is 0.326 e. The Hall–Kier alpha value is -3.93. The van der Waals surface area contributed by atoms with Crippen LogP contribution in [0.1, 0.15) is 18.2 Å². The lowest BCUT2D eigenvalue weighted by Crippen LogP contribution is -2.56. The number of carbonyl (C=O) groups is 4. The Morgan fingerprint density at radius 3 is 2.25 bits per heavy atom. The molecular weight excluding hydrogens is 420 g/mol. The van der Waals surface area contributed by atoms with Crippen molar-refractivity contribution in [3.05, 3.63) is 48.0 Å². The van der Waals surface area contributed by atoms with E-state index in [-0.39, 0.29) is 25.1 Å². The number of nitrogens with zero attached hydrogens (tertiary/aromatic N) is 1. The summed E-state index contributed by atoms with van der Waals surface area (Å²) < 4.78 is 0. The molecule has 12 nitrogen and oxygen atoms in total. The molecule has 12 heteroatoms. The molecule has 0 aliphatic rings. The van der Waals surface area contributed by atoms with E-state index >= 15 is 0 Å². The summed E-state index contributed by atoms with van der Waals surface area (Å²) in [5.74, 6) is -3.15. The fraction of sp³-hybridized carbons (Fsp3) is 0.350. The number of amides is 3. The van der Waals surface area contributed by atoms with Crippen molar-refractivity contribution in [2.75, 3.05) is 6.54 Å². The second-order valence-electron chi connectivity index (χ2n) is 7.11. The van der Waals surface area contributed by atoms with Crippen LogP contribution in [-0.4, -0.2) is 68.5 Å². The fourth-order valence-corrected chi connectivity index (χ4v) is 2.83. The highest BCUT2D eigenvalue weighted by atomic mass is 16.4. The molecule has 0 radical (unpaired) electrons. The van der Waals surface area contributed by atoms with Gasteiger partial charge in [0.15, 0.2) is 0 Å². The third kappa shape index (κ3) is 7.40. The molecule has 3 amide bonds. The number of aromatic nitrogens is 2. The molecule has 0 aliphatic heterocycles. The lowest BCUT2D eigenvalue weighted by atomic mass is 10.0. The average molecular weight is 446 g/mol. The van der Waals surface area contributed by atoms with Crippen LogP contribution in [0.4, 0.5) is 0 Å². The molecular formula is C20H26N6O6. The number of imidazole rings is 1. The number of aliphatic carboxylic acids is 1. The summed E-state index contributed by atoms with van der Waals surface area (Å²) in [5.41, 5.74) is 6.35.